The lowest BCUT2D eigenvalue weighted by atomic mass is 9.85. The zero-order valence-corrected chi connectivity index (χ0v) is 16.6. The minimum absolute atomic E-state index is 0.109. The van der Waals surface area contributed by atoms with Crippen LogP contribution >= 0.6 is 11.3 Å². The topological polar surface area (TPSA) is 92.3 Å². The van der Waals surface area contributed by atoms with Crippen molar-refractivity contribution in [2.24, 2.45) is 23.7 Å². The van der Waals surface area contributed by atoms with E-state index in [1.807, 2.05) is 30.3 Å². The first-order chi connectivity index (χ1) is 14.0. The first-order valence-electron chi connectivity index (χ1n) is 9.73. The van der Waals surface area contributed by atoms with Crippen molar-refractivity contribution in [3.05, 3.63) is 53.1 Å². The summed E-state index contributed by atoms with van der Waals surface area (Å²) in [6.45, 7) is 1.80. The van der Waals surface area contributed by atoms with E-state index in [4.69, 9.17) is 0 Å². The van der Waals surface area contributed by atoms with Gasteiger partial charge in [-0.25, -0.2) is 0 Å². The van der Waals surface area contributed by atoms with Crippen LogP contribution in [0.1, 0.15) is 17.0 Å². The molecule has 2 aromatic rings. The Labute approximate surface area is 171 Å². The predicted molar refractivity (Wildman–Crippen MR) is 107 cm³/mol. The molecule has 2 heterocycles. The van der Waals surface area contributed by atoms with Gasteiger partial charge in [-0.2, -0.15) is 0 Å². The average molecular weight is 408 g/mol. The predicted octanol–water partition coefficient (Wildman–Crippen LogP) is 2.20. The highest BCUT2D eigenvalue weighted by atomic mass is 32.1. The number of carbonyl (C=O) groups excluding carboxylic acids is 3. The molecule has 1 saturated carbocycles. The molecule has 0 spiro atoms. The second-order valence-electron chi connectivity index (χ2n) is 7.87. The van der Waals surface area contributed by atoms with Crippen LogP contribution in [0.5, 0.6) is 0 Å². The first kappa shape index (κ1) is 18.2. The van der Waals surface area contributed by atoms with E-state index in [1.54, 1.807) is 6.92 Å². The van der Waals surface area contributed by atoms with Crippen LogP contribution in [-0.4, -0.2) is 38.9 Å². The maximum Gasteiger partial charge on any atom is 0.249 e. The van der Waals surface area contributed by atoms with E-state index in [1.165, 1.54) is 16.2 Å². The molecule has 1 saturated heterocycles. The maximum absolute atomic E-state index is 13.2. The minimum atomic E-state index is -0.911. The van der Waals surface area contributed by atoms with Crippen molar-refractivity contribution in [3.8, 4) is 0 Å². The molecule has 2 fully saturated rings. The van der Waals surface area contributed by atoms with Crippen molar-refractivity contribution < 1.29 is 14.4 Å². The number of nitrogens with one attached hydrogen (secondary N) is 1. The Morgan fingerprint density at radius 3 is 2.38 bits per heavy atom. The van der Waals surface area contributed by atoms with Gasteiger partial charge in [0.2, 0.25) is 22.9 Å². The van der Waals surface area contributed by atoms with Crippen molar-refractivity contribution in [2.45, 2.75) is 25.8 Å². The summed E-state index contributed by atoms with van der Waals surface area (Å²) in [5.74, 6) is -1.29. The van der Waals surface area contributed by atoms with Crippen LogP contribution in [0.3, 0.4) is 0 Å². The molecule has 1 aromatic carbocycles. The normalized spacial score (nSPS) is 28.1. The van der Waals surface area contributed by atoms with E-state index in [-0.39, 0.29) is 41.9 Å². The number of likely N-dealkylation sites (tertiary alicyclic amines) is 1. The number of amides is 3. The number of benzene rings is 1. The fraction of sp³-hybridized carbons (Fsp3) is 0.381. The van der Waals surface area contributed by atoms with Crippen LogP contribution in [0.15, 0.2) is 42.5 Å². The summed E-state index contributed by atoms with van der Waals surface area (Å²) < 4.78 is 0. The van der Waals surface area contributed by atoms with Crippen molar-refractivity contribution in [3.63, 3.8) is 0 Å². The molecule has 8 heteroatoms. The standard InChI is InChI=1S/C21H20N4O3S/c1-11-23-24-21(29-11)22-18(26)15(9-12-5-3-2-4-6-12)25-19(27)16-13-7-8-14(10-13)17(16)20(25)28/h2-8,13-17H,9-10H2,1H3,(H,22,24,26)/t13-,14-,15+,16-,17+/m0/s1. The molecule has 1 aromatic heterocycles. The van der Waals surface area contributed by atoms with E-state index < -0.39 is 11.9 Å². The van der Waals surface area contributed by atoms with E-state index in [9.17, 15) is 14.4 Å². The molecule has 0 unspecified atom stereocenters. The second kappa shape index (κ2) is 6.88. The molecular formula is C21H20N4O3S. The van der Waals surface area contributed by atoms with Gasteiger partial charge in [-0.1, -0.05) is 53.8 Å². The third-order valence-corrected chi connectivity index (χ3v) is 6.90. The van der Waals surface area contributed by atoms with Gasteiger partial charge in [0.15, 0.2) is 0 Å². The Balaban J connectivity index is 1.46. The number of nitrogens with zero attached hydrogens (tertiary/aromatic N) is 3. The van der Waals surface area contributed by atoms with Gasteiger partial charge in [0, 0.05) is 6.42 Å². The van der Waals surface area contributed by atoms with Crippen LogP contribution in [0.25, 0.3) is 0 Å². The Hall–Kier alpha value is -2.87. The van der Waals surface area contributed by atoms with Crippen LogP contribution in [-0.2, 0) is 20.8 Å². The highest BCUT2D eigenvalue weighted by Gasteiger charge is 2.61. The van der Waals surface area contributed by atoms with Gasteiger partial charge < -0.3 is 0 Å². The second-order valence-corrected chi connectivity index (χ2v) is 9.05. The van der Waals surface area contributed by atoms with Crippen LogP contribution in [0, 0.1) is 30.6 Å². The first-order valence-corrected chi connectivity index (χ1v) is 10.5. The maximum atomic E-state index is 13.2. The van der Waals surface area contributed by atoms with Gasteiger partial charge in [-0.15, -0.1) is 10.2 Å². The number of fused-ring (bicyclic) bond motifs is 5. The van der Waals surface area contributed by atoms with Crippen molar-refractivity contribution in [2.75, 3.05) is 5.32 Å². The molecule has 2 aliphatic carbocycles. The molecule has 5 atom stereocenters. The fourth-order valence-electron chi connectivity index (χ4n) is 4.91. The number of hydrogen-bond acceptors (Lipinski definition) is 6. The summed E-state index contributed by atoms with van der Waals surface area (Å²) in [5.41, 5.74) is 0.889. The number of aryl methyl sites for hydroxylation is 1. The molecule has 29 heavy (non-hydrogen) atoms. The molecular weight excluding hydrogens is 388 g/mol. The fourth-order valence-corrected chi connectivity index (χ4v) is 5.50. The number of carbonyl (C=O) groups is 3. The molecule has 3 aliphatic rings. The van der Waals surface area contributed by atoms with Crippen LogP contribution < -0.4 is 5.32 Å². The molecule has 0 radical (unpaired) electrons. The van der Waals surface area contributed by atoms with Crippen molar-refractivity contribution in [1.82, 2.24) is 15.1 Å². The van der Waals surface area contributed by atoms with E-state index in [0.29, 0.717) is 5.13 Å². The van der Waals surface area contributed by atoms with Crippen molar-refractivity contribution in [1.29, 1.82) is 0 Å². The summed E-state index contributed by atoms with van der Waals surface area (Å²) in [7, 11) is 0. The Bertz CT molecular complexity index is 988. The summed E-state index contributed by atoms with van der Waals surface area (Å²) >= 11 is 1.26. The number of rotatable bonds is 5. The molecule has 1 N–H and O–H groups in total. The minimum Gasteiger partial charge on any atom is -0.299 e. The van der Waals surface area contributed by atoms with Gasteiger partial charge in [0.05, 0.1) is 11.8 Å². The molecule has 5 rings (SSSR count). The van der Waals surface area contributed by atoms with Gasteiger partial charge in [-0.05, 0) is 30.7 Å². The summed E-state index contributed by atoms with van der Waals surface area (Å²) in [4.78, 5) is 40.9. The van der Waals surface area contributed by atoms with E-state index in [2.05, 4.69) is 27.7 Å². The molecule has 1 aliphatic heterocycles. The van der Waals surface area contributed by atoms with Crippen LogP contribution in [0.2, 0.25) is 0 Å². The third-order valence-electron chi connectivity index (χ3n) is 6.15. The molecule has 2 bridgehead atoms. The van der Waals surface area contributed by atoms with Gasteiger partial charge in [0.1, 0.15) is 11.0 Å². The summed E-state index contributed by atoms with van der Waals surface area (Å²) in [6.07, 6.45) is 5.23. The lowest BCUT2D eigenvalue weighted by Gasteiger charge is -2.26. The monoisotopic (exact) mass is 408 g/mol. The SMILES string of the molecule is Cc1nnc(NC(=O)[C@@H](Cc2ccccc2)N2C(=O)[C@@H]3[C@H](C2=O)[C@H]2C=C[C@H]3C2)s1. The lowest BCUT2D eigenvalue weighted by molar-refractivity contribution is -0.147. The number of aromatic nitrogens is 2. The zero-order valence-electron chi connectivity index (χ0n) is 15.8. The van der Waals surface area contributed by atoms with Gasteiger partial charge in [0.25, 0.3) is 0 Å². The number of hydrogen-bond donors (Lipinski definition) is 1. The van der Waals surface area contributed by atoms with Gasteiger partial charge >= 0.3 is 0 Å². The van der Waals surface area contributed by atoms with Gasteiger partial charge in [-0.3, -0.25) is 24.6 Å². The number of allylic oxidation sites excluding steroid dienone is 2. The Morgan fingerprint density at radius 1 is 1.14 bits per heavy atom. The molecule has 3 amide bonds. The smallest absolute Gasteiger partial charge is 0.249 e. The molecule has 148 valence electrons. The Kier molecular flexibility index (Phi) is 4.31. The quantitative estimate of drug-likeness (QED) is 0.605. The summed E-state index contributed by atoms with van der Waals surface area (Å²) in [5, 5.41) is 11.7. The lowest BCUT2D eigenvalue weighted by Crippen LogP contribution is -2.49. The van der Waals surface area contributed by atoms with Crippen molar-refractivity contribution >= 4 is 34.2 Å². The van der Waals surface area contributed by atoms with Crippen LogP contribution in [0.4, 0.5) is 5.13 Å². The highest BCUT2D eigenvalue weighted by Crippen LogP contribution is 2.53. The highest BCUT2D eigenvalue weighted by molar-refractivity contribution is 7.15. The molecule has 7 nitrogen and oxygen atoms in total. The number of anilines is 1. The largest absolute Gasteiger partial charge is 0.299 e. The van der Waals surface area contributed by atoms with E-state index in [0.717, 1.165) is 17.0 Å². The third kappa shape index (κ3) is 2.98. The zero-order chi connectivity index (χ0) is 20.1. The Morgan fingerprint density at radius 2 is 1.79 bits per heavy atom. The number of imide groups is 1. The van der Waals surface area contributed by atoms with E-state index >= 15 is 0 Å². The summed E-state index contributed by atoms with van der Waals surface area (Å²) in [6, 6.07) is 8.53. The average Bonchev–Trinajstić information content (AvgIpc) is 3.47.